The van der Waals surface area contributed by atoms with Crippen LogP contribution in [0.4, 0.5) is 17.1 Å². The van der Waals surface area contributed by atoms with E-state index in [0.29, 0.717) is 54.3 Å². The Balaban J connectivity index is 1.33. The lowest BCUT2D eigenvalue weighted by Gasteiger charge is -2.31. The maximum atomic E-state index is 14.1. The van der Waals surface area contributed by atoms with Crippen LogP contribution in [-0.2, 0) is 34.7 Å². The first kappa shape index (κ1) is 28.3. The number of aliphatic hydroxyl groups is 2. The monoisotopic (exact) mass is 579 g/mol. The van der Waals surface area contributed by atoms with Gasteiger partial charge in [0.1, 0.15) is 5.75 Å². The Morgan fingerprint density at radius 1 is 1.05 bits per heavy atom. The summed E-state index contributed by atoms with van der Waals surface area (Å²) >= 11 is 0. The first-order valence-electron chi connectivity index (χ1n) is 14.3. The highest BCUT2D eigenvalue weighted by molar-refractivity contribution is 6.09. The van der Waals surface area contributed by atoms with Crippen molar-refractivity contribution in [2.75, 3.05) is 23.0 Å². The lowest BCUT2D eigenvalue weighted by atomic mass is 9.82. The molecule has 0 radical (unpaired) electrons. The number of allylic oxidation sites excluding steroid dienone is 1. The fourth-order valence-corrected chi connectivity index (χ4v) is 5.71. The highest BCUT2D eigenvalue weighted by Crippen LogP contribution is 2.48. The summed E-state index contributed by atoms with van der Waals surface area (Å²) in [6.07, 6.45) is 6.63. The Morgan fingerprint density at radius 2 is 1.84 bits per heavy atom. The van der Waals surface area contributed by atoms with Crippen molar-refractivity contribution in [2.45, 2.75) is 38.5 Å². The van der Waals surface area contributed by atoms with Crippen molar-refractivity contribution in [2.24, 2.45) is 5.92 Å². The quantitative estimate of drug-likeness (QED) is 0.274. The number of hydrogen-bond donors (Lipinski definition) is 2. The minimum atomic E-state index is -1.85. The van der Waals surface area contributed by atoms with Gasteiger partial charge in [0.25, 0.3) is 11.8 Å². The van der Waals surface area contributed by atoms with Crippen molar-refractivity contribution in [1.29, 1.82) is 0 Å². The van der Waals surface area contributed by atoms with Crippen LogP contribution >= 0.6 is 0 Å². The van der Waals surface area contributed by atoms with Crippen LogP contribution in [0.25, 0.3) is 0 Å². The van der Waals surface area contributed by atoms with Gasteiger partial charge in [-0.15, -0.1) is 5.10 Å². The van der Waals surface area contributed by atoms with Crippen LogP contribution in [0.3, 0.4) is 0 Å². The van der Waals surface area contributed by atoms with Gasteiger partial charge in [0, 0.05) is 42.9 Å². The second kappa shape index (κ2) is 11.8. The topological polar surface area (TPSA) is 121 Å². The molecule has 0 saturated heterocycles. The van der Waals surface area contributed by atoms with Gasteiger partial charge in [0.05, 0.1) is 23.6 Å². The average Bonchev–Trinajstić information content (AvgIpc) is 3.56. The predicted molar refractivity (Wildman–Crippen MR) is 161 cm³/mol. The van der Waals surface area contributed by atoms with E-state index in [1.54, 1.807) is 38.9 Å². The molecule has 0 aliphatic carbocycles. The number of carbonyl (C=O) groups excluding carboxylic acids is 2. The molecule has 0 unspecified atom stereocenters. The number of nitrogens with zero attached hydrogens (tertiary/aromatic N) is 5. The van der Waals surface area contributed by atoms with Crippen molar-refractivity contribution in [3.05, 3.63) is 108 Å². The Hall–Kier alpha value is -4.80. The van der Waals surface area contributed by atoms with Crippen molar-refractivity contribution in [3.63, 3.8) is 0 Å². The third kappa shape index (κ3) is 5.31. The first-order chi connectivity index (χ1) is 20.9. The second-order valence-corrected chi connectivity index (χ2v) is 10.8. The van der Waals surface area contributed by atoms with E-state index in [-0.39, 0.29) is 19.1 Å². The molecule has 2 N–H and O–H groups in total. The number of carbonyl (C=O) groups is 2. The number of rotatable bonds is 10. The number of ether oxygens (including phenoxy) is 1. The number of amides is 2. The van der Waals surface area contributed by atoms with Gasteiger partial charge in [0.15, 0.2) is 12.2 Å². The molecule has 4 aromatic rings. The smallest absolute Gasteiger partial charge is 0.269 e. The average molecular weight is 580 g/mol. The van der Waals surface area contributed by atoms with Gasteiger partial charge in [0.2, 0.25) is 0 Å². The van der Waals surface area contributed by atoms with E-state index in [1.165, 1.54) is 0 Å². The number of para-hydroxylation sites is 2. The van der Waals surface area contributed by atoms with Gasteiger partial charge < -0.3 is 19.8 Å². The third-order valence-electron chi connectivity index (χ3n) is 7.96. The van der Waals surface area contributed by atoms with Gasteiger partial charge in [-0.3, -0.25) is 19.2 Å². The van der Waals surface area contributed by atoms with Gasteiger partial charge in [-0.05, 0) is 42.3 Å². The van der Waals surface area contributed by atoms with Crippen molar-refractivity contribution >= 4 is 28.9 Å². The number of benzene rings is 3. The highest BCUT2D eigenvalue weighted by Gasteiger charge is 2.52. The normalized spacial score (nSPS) is 18.6. The minimum Gasteiger partial charge on any atom is -0.482 e. The van der Waals surface area contributed by atoms with Gasteiger partial charge >= 0.3 is 0 Å². The summed E-state index contributed by atoms with van der Waals surface area (Å²) in [7, 11) is 0. The molecule has 0 fully saturated rings. The molecule has 0 spiro atoms. The summed E-state index contributed by atoms with van der Waals surface area (Å²) < 4.78 is 7.33. The molecule has 10 heteroatoms. The van der Waals surface area contributed by atoms with Crippen molar-refractivity contribution in [1.82, 2.24) is 15.0 Å². The van der Waals surface area contributed by atoms with Gasteiger partial charge in [-0.25, -0.2) is 0 Å². The third-order valence-corrected chi connectivity index (χ3v) is 7.96. The zero-order chi connectivity index (χ0) is 30.0. The van der Waals surface area contributed by atoms with E-state index in [1.807, 2.05) is 73.7 Å². The summed E-state index contributed by atoms with van der Waals surface area (Å²) in [5, 5.41) is 29.5. The Labute approximate surface area is 249 Å². The van der Waals surface area contributed by atoms with Crippen LogP contribution in [0.2, 0.25) is 0 Å². The molecule has 6 rings (SSSR count). The van der Waals surface area contributed by atoms with Crippen LogP contribution in [0.5, 0.6) is 5.75 Å². The highest BCUT2D eigenvalue weighted by atomic mass is 16.5. The van der Waals surface area contributed by atoms with E-state index in [4.69, 9.17) is 9.84 Å². The zero-order valence-corrected chi connectivity index (χ0v) is 23.8. The lowest BCUT2D eigenvalue weighted by molar-refractivity contribution is -0.139. The lowest BCUT2D eigenvalue weighted by Crippen LogP contribution is -2.44. The summed E-state index contributed by atoms with van der Waals surface area (Å²) in [5.41, 5.74) is 2.01. The molecule has 43 heavy (non-hydrogen) atoms. The number of anilines is 3. The fourth-order valence-electron chi connectivity index (χ4n) is 5.71. The number of fused-ring (bicyclic) bond motifs is 2. The molecule has 0 saturated carbocycles. The minimum absolute atomic E-state index is 0.0133. The van der Waals surface area contributed by atoms with Crippen molar-refractivity contribution < 1.29 is 24.5 Å². The maximum Gasteiger partial charge on any atom is 0.269 e. The Morgan fingerprint density at radius 3 is 2.65 bits per heavy atom. The first-order valence-corrected chi connectivity index (χ1v) is 14.3. The summed E-state index contributed by atoms with van der Waals surface area (Å²) in [6, 6.07) is 22.3. The molecule has 3 aromatic carbocycles. The number of aromatic nitrogens is 3. The molecular formula is C33H33N5O5. The summed E-state index contributed by atoms with van der Waals surface area (Å²) in [5.74, 6) is -0.648. The van der Waals surface area contributed by atoms with Crippen LogP contribution in [-0.4, -0.2) is 50.2 Å². The van der Waals surface area contributed by atoms with E-state index in [0.717, 1.165) is 11.3 Å². The van der Waals surface area contributed by atoms with Crippen molar-refractivity contribution in [3.8, 4) is 5.75 Å². The molecule has 3 heterocycles. The maximum absolute atomic E-state index is 14.1. The van der Waals surface area contributed by atoms with Crippen LogP contribution in [0.1, 0.15) is 30.2 Å². The van der Waals surface area contributed by atoms with Crippen LogP contribution < -0.4 is 14.5 Å². The molecule has 2 atom stereocenters. The molecule has 220 valence electrons. The Bertz CT molecular complexity index is 1670. The molecule has 2 aliphatic heterocycles. The van der Waals surface area contributed by atoms with Gasteiger partial charge in [-0.1, -0.05) is 66.8 Å². The largest absolute Gasteiger partial charge is 0.482 e. The standard InChI is InChI=1S/C33H33N5O5/c1-23(9-7-8-17-36-21-25(16-18-39)34-35-36)33(42)27-19-26(38-29-12-5-6-13-30(29)43-22-31(38)40)14-15-28(27)37(32(33)41)20-24-10-3-2-4-11-24/h2-7,9-15,19,21,23,39,42H,8,16-18,20,22H2,1H3/b9-7+/t23-,33+/m0/s1. The molecule has 2 aliphatic rings. The molecule has 2 amide bonds. The van der Waals surface area contributed by atoms with Gasteiger partial charge in [-0.2, -0.15) is 0 Å². The zero-order valence-electron chi connectivity index (χ0n) is 23.8. The SMILES string of the molecule is C[C@@H](/C=C/CCn1cc(CCO)nn1)[C@]1(O)C(=O)N(Cc2ccccc2)c2ccc(N3C(=O)COc4ccccc43)cc21. The predicted octanol–water partition coefficient (Wildman–Crippen LogP) is 3.89. The number of aliphatic hydroxyl groups excluding tert-OH is 1. The molecule has 10 nitrogen and oxygen atoms in total. The number of hydrogen-bond acceptors (Lipinski definition) is 7. The Kier molecular flexibility index (Phi) is 7.79. The van der Waals surface area contributed by atoms with Crippen LogP contribution in [0.15, 0.2) is 91.1 Å². The van der Waals surface area contributed by atoms with E-state index in [9.17, 15) is 14.7 Å². The molecule has 1 aromatic heterocycles. The molecular weight excluding hydrogens is 546 g/mol. The second-order valence-electron chi connectivity index (χ2n) is 10.8. The molecule has 0 bridgehead atoms. The summed E-state index contributed by atoms with van der Waals surface area (Å²) in [6.45, 7) is 2.59. The van der Waals surface area contributed by atoms with E-state index < -0.39 is 17.4 Å². The van der Waals surface area contributed by atoms with E-state index >= 15 is 0 Å². The fraction of sp³-hybridized carbons (Fsp3) is 0.273. The van der Waals surface area contributed by atoms with E-state index in [2.05, 4.69) is 10.3 Å². The summed E-state index contributed by atoms with van der Waals surface area (Å²) in [4.78, 5) is 30.4. The van der Waals surface area contributed by atoms with Crippen LogP contribution in [0, 0.1) is 5.92 Å². The number of aryl methyl sites for hydroxylation is 1.